The summed E-state index contributed by atoms with van der Waals surface area (Å²) in [5.74, 6) is -2.73. The average molecular weight is 554 g/mol. The fourth-order valence-electron chi connectivity index (χ4n) is 4.82. The average Bonchev–Trinajstić information content (AvgIpc) is 3.55. The first-order valence-corrected chi connectivity index (χ1v) is 12.8. The van der Waals surface area contributed by atoms with Gasteiger partial charge < -0.3 is 15.5 Å². The summed E-state index contributed by atoms with van der Waals surface area (Å²) in [6.07, 6.45) is -1.94. The van der Waals surface area contributed by atoms with Crippen LogP contribution < -0.4 is 10.6 Å². The van der Waals surface area contributed by atoms with Crippen LogP contribution in [0.25, 0.3) is 0 Å². The minimum Gasteiger partial charge on any atom is -0.354 e. The summed E-state index contributed by atoms with van der Waals surface area (Å²) in [5, 5.41) is 5.56. The minimum atomic E-state index is -4.82. The summed E-state index contributed by atoms with van der Waals surface area (Å²) in [6, 6.07) is 6.94. The predicted molar refractivity (Wildman–Crippen MR) is 133 cm³/mol. The van der Waals surface area contributed by atoms with Crippen molar-refractivity contribution >= 4 is 29.3 Å². The van der Waals surface area contributed by atoms with E-state index in [1.54, 1.807) is 18.2 Å². The van der Waals surface area contributed by atoms with Crippen molar-refractivity contribution in [3.05, 3.63) is 69.5 Å². The molecule has 11 heteroatoms. The summed E-state index contributed by atoms with van der Waals surface area (Å²) in [4.78, 5) is 40.1. The number of hydrogen-bond donors (Lipinski definition) is 2. The molecule has 6 nitrogen and oxygen atoms in total. The molecule has 2 aromatic rings. The van der Waals surface area contributed by atoms with E-state index in [4.69, 9.17) is 11.6 Å². The summed E-state index contributed by atoms with van der Waals surface area (Å²) in [6.45, 7) is 4.22. The number of carbonyl (C=O) groups excluding carboxylic acids is 3. The molecule has 1 aliphatic heterocycles. The van der Waals surface area contributed by atoms with Gasteiger partial charge in [-0.2, -0.15) is 13.2 Å². The predicted octanol–water partition coefficient (Wildman–Crippen LogP) is 5.13. The van der Waals surface area contributed by atoms with Gasteiger partial charge in [0.25, 0.3) is 11.8 Å². The van der Waals surface area contributed by atoms with E-state index in [2.05, 4.69) is 10.6 Å². The molecule has 0 radical (unpaired) electrons. The molecule has 2 aromatic carbocycles. The Morgan fingerprint density at radius 2 is 1.68 bits per heavy atom. The highest BCUT2D eigenvalue weighted by atomic mass is 35.5. The molecular formula is C27H28ClF4N3O3. The van der Waals surface area contributed by atoms with Gasteiger partial charge >= 0.3 is 6.18 Å². The van der Waals surface area contributed by atoms with E-state index in [0.717, 1.165) is 18.4 Å². The van der Waals surface area contributed by atoms with Crippen molar-refractivity contribution in [3.63, 3.8) is 0 Å². The number of nitrogens with one attached hydrogen (secondary N) is 2. The summed E-state index contributed by atoms with van der Waals surface area (Å²) in [5.41, 5.74) is -1.85. The van der Waals surface area contributed by atoms with Gasteiger partial charge in [0.15, 0.2) is 0 Å². The van der Waals surface area contributed by atoms with Crippen LogP contribution in [0.1, 0.15) is 71.4 Å². The van der Waals surface area contributed by atoms with E-state index >= 15 is 0 Å². The lowest BCUT2D eigenvalue weighted by atomic mass is 10.1. The van der Waals surface area contributed by atoms with Gasteiger partial charge in [0.05, 0.1) is 5.56 Å². The Labute approximate surface area is 222 Å². The highest BCUT2D eigenvalue weighted by Gasteiger charge is 2.51. The first-order valence-electron chi connectivity index (χ1n) is 12.4. The fourth-order valence-corrected chi connectivity index (χ4v) is 5.09. The Bertz CT molecular complexity index is 1250. The number of amides is 3. The maximum absolute atomic E-state index is 13.7. The lowest BCUT2D eigenvalue weighted by Gasteiger charge is -2.26. The molecule has 0 aromatic heterocycles. The van der Waals surface area contributed by atoms with E-state index in [-0.39, 0.29) is 24.5 Å². The molecule has 0 bridgehead atoms. The van der Waals surface area contributed by atoms with Crippen LogP contribution in [0.4, 0.5) is 17.6 Å². The summed E-state index contributed by atoms with van der Waals surface area (Å²) < 4.78 is 52.6. The number of likely N-dealkylation sites (tertiary alicyclic amines) is 1. The monoisotopic (exact) mass is 553 g/mol. The highest BCUT2D eigenvalue weighted by molar-refractivity contribution is 6.31. The second-order valence-corrected chi connectivity index (χ2v) is 10.5. The molecule has 2 N–H and O–H groups in total. The number of rotatable bonds is 7. The standard InChI is InChI=1S/C27H28ClF4N3O3/c1-15-3-4-16(2)35(15)24(37)18-6-5-17(22(28)13-18)7-10-33-25(38)26(8-9-26)34-23(36)19-11-20(27(30,31)32)14-21(29)12-19/h5-6,11-16H,3-4,7-10H2,1-2H3,(H,33,38)(H,34,36)/t15-,16-/m1/s1. The molecule has 3 amide bonds. The number of halogens is 5. The highest BCUT2D eigenvalue weighted by Crippen LogP contribution is 2.36. The van der Waals surface area contributed by atoms with Crippen LogP contribution in [-0.2, 0) is 17.4 Å². The molecule has 1 saturated carbocycles. The van der Waals surface area contributed by atoms with E-state index in [9.17, 15) is 31.9 Å². The van der Waals surface area contributed by atoms with Crippen molar-refractivity contribution in [1.29, 1.82) is 0 Å². The van der Waals surface area contributed by atoms with Gasteiger partial charge in [0.1, 0.15) is 11.4 Å². The van der Waals surface area contributed by atoms with E-state index in [0.29, 0.717) is 48.0 Å². The molecule has 1 saturated heterocycles. The third-order valence-corrected chi connectivity index (χ3v) is 7.54. The summed E-state index contributed by atoms with van der Waals surface area (Å²) in [7, 11) is 0. The maximum atomic E-state index is 13.7. The Balaban J connectivity index is 1.33. The Kier molecular flexibility index (Phi) is 7.74. The molecule has 204 valence electrons. The first-order chi connectivity index (χ1) is 17.8. The van der Waals surface area contributed by atoms with Gasteiger partial charge in [-0.3, -0.25) is 14.4 Å². The zero-order chi connectivity index (χ0) is 27.8. The largest absolute Gasteiger partial charge is 0.416 e. The van der Waals surface area contributed by atoms with Crippen molar-refractivity contribution in [3.8, 4) is 0 Å². The van der Waals surface area contributed by atoms with Gasteiger partial charge in [-0.05, 0) is 81.8 Å². The zero-order valence-electron chi connectivity index (χ0n) is 20.9. The molecule has 0 unspecified atom stereocenters. The normalized spacial score (nSPS) is 20.2. The number of hydrogen-bond acceptors (Lipinski definition) is 3. The zero-order valence-corrected chi connectivity index (χ0v) is 21.7. The van der Waals surface area contributed by atoms with Gasteiger partial charge in [-0.15, -0.1) is 0 Å². The minimum absolute atomic E-state index is 0.0729. The lowest BCUT2D eigenvalue weighted by Crippen LogP contribution is -2.49. The second-order valence-electron chi connectivity index (χ2n) is 10.1. The van der Waals surface area contributed by atoms with Crippen LogP contribution in [0.3, 0.4) is 0 Å². The third-order valence-electron chi connectivity index (χ3n) is 7.19. The van der Waals surface area contributed by atoms with E-state index < -0.39 is 40.5 Å². The van der Waals surface area contributed by atoms with Crippen LogP contribution in [-0.4, -0.2) is 46.8 Å². The van der Waals surface area contributed by atoms with Crippen molar-refractivity contribution in [2.75, 3.05) is 6.54 Å². The van der Waals surface area contributed by atoms with Crippen molar-refractivity contribution in [2.45, 2.75) is 69.8 Å². The maximum Gasteiger partial charge on any atom is 0.416 e. The SMILES string of the molecule is C[C@@H]1CC[C@@H](C)N1C(=O)c1ccc(CCNC(=O)C2(NC(=O)c3cc(F)cc(C(F)(F)F)c3)CC2)c(Cl)c1. The van der Waals surface area contributed by atoms with Gasteiger partial charge in [-0.25, -0.2) is 4.39 Å². The number of carbonyl (C=O) groups is 3. The Morgan fingerprint density at radius 3 is 2.26 bits per heavy atom. The molecule has 2 aliphatic rings. The molecule has 0 spiro atoms. The molecule has 1 heterocycles. The molecule has 4 rings (SSSR count). The molecule has 2 fully saturated rings. The van der Waals surface area contributed by atoms with Crippen LogP contribution >= 0.6 is 11.6 Å². The quantitative estimate of drug-likeness (QED) is 0.467. The number of alkyl halides is 3. The van der Waals surface area contributed by atoms with Gasteiger partial charge in [0, 0.05) is 34.8 Å². The smallest absolute Gasteiger partial charge is 0.354 e. The van der Waals surface area contributed by atoms with Gasteiger partial charge in [0.2, 0.25) is 5.91 Å². The van der Waals surface area contributed by atoms with Crippen molar-refractivity contribution in [2.24, 2.45) is 0 Å². The van der Waals surface area contributed by atoms with Crippen LogP contribution in [0.5, 0.6) is 0 Å². The van der Waals surface area contributed by atoms with E-state index in [1.165, 1.54) is 0 Å². The number of benzene rings is 2. The van der Waals surface area contributed by atoms with Crippen molar-refractivity contribution in [1.82, 2.24) is 15.5 Å². The molecule has 1 aliphatic carbocycles. The topological polar surface area (TPSA) is 78.5 Å². The van der Waals surface area contributed by atoms with Crippen molar-refractivity contribution < 1.29 is 31.9 Å². The molecular weight excluding hydrogens is 526 g/mol. The molecule has 2 atom stereocenters. The second kappa shape index (κ2) is 10.6. The van der Waals surface area contributed by atoms with E-state index in [1.807, 2.05) is 18.7 Å². The Hall–Kier alpha value is -3.14. The first kappa shape index (κ1) is 27.9. The van der Waals surface area contributed by atoms with Crippen LogP contribution in [0, 0.1) is 5.82 Å². The third kappa shape index (κ3) is 5.95. The van der Waals surface area contributed by atoms with Gasteiger partial charge in [-0.1, -0.05) is 17.7 Å². The lowest BCUT2D eigenvalue weighted by molar-refractivity contribution is -0.137. The summed E-state index contributed by atoms with van der Waals surface area (Å²) >= 11 is 6.41. The fraction of sp³-hybridized carbons (Fsp3) is 0.444. The van der Waals surface area contributed by atoms with Crippen LogP contribution in [0.2, 0.25) is 5.02 Å². The number of nitrogens with zero attached hydrogens (tertiary/aromatic N) is 1. The molecule has 38 heavy (non-hydrogen) atoms. The Morgan fingerprint density at radius 1 is 1.03 bits per heavy atom. The van der Waals surface area contributed by atoms with Crippen LogP contribution in [0.15, 0.2) is 36.4 Å².